The quantitative estimate of drug-likeness (QED) is 0.779. The van der Waals surface area contributed by atoms with Crippen LogP contribution in [0.5, 0.6) is 0 Å². The Hall–Kier alpha value is -1.85. The first-order chi connectivity index (χ1) is 7.59. The van der Waals surface area contributed by atoms with E-state index in [1.54, 1.807) is 14.1 Å². The van der Waals surface area contributed by atoms with E-state index in [4.69, 9.17) is 0 Å². The average molecular weight is 222 g/mol. The van der Waals surface area contributed by atoms with Crippen LogP contribution >= 0.6 is 0 Å². The third kappa shape index (κ3) is 2.05. The molecule has 1 aliphatic rings. The van der Waals surface area contributed by atoms with Crippen molar-refractivity contribution in [3.63, 3.8) is 0 Å². The third-order valence-corrected chi connectivity index (χ3v) is 2.47. The predicted octanol–water partition coefficient (Wildman–Crippen LogP) is 0.460. The van der Waals surface area contributed by atoms with Crippen LogP contribution in [-0.4, -0.2) is 41.0 Å². The monoisotopic (exact) mass is 222 g/mol. The molecule has 0 aromatic carbocycles. The Morgan fingerprint density at radius 2 is 2.19 bits per heavy atom. The average Bonchev–Trinajstić information content (AvgIpc) is 2.99. The van der Waals surface area contributed by atoms with Crippen molar-refractivity contribution >= 4 is 17.6 Å². The second kappa shape index (κ2) is 3.96. The van der Waals surface area contributed by atoms with Gasteiger partial charge in [0.15, 0.2) is 0 Å². The maximum absolute atomic E-state index is 11.7. The van der Waals surface area contributed by atoms with Crippen molar-refractivity contribution in [3.8, 4) is 0 Å². The first kappa shape index (κ1) is 10.7. The van der Waals surface area contributed by atoms with Crippen LogP contribution in [0.1, 0.15) is 23.2 Å². The Morgan fingerprint density at radius 1 is 1.50 bits per heavy atom. The molecule has 0 saturated heterocycles. The molecule has 1 aromatic heterocycles. The summed E-state index contributed by atoms with van der Waals surface area (Å²) in [6.45, 7) is 0. The van der Waals surface area contributed by atoms with E-state index in [1.807, 2.05) is 0 Å². The van der Waals surface area contributed by atoms with Gasteiger partial charge in [0.25, 0.3) is 5.91 Å². The molecule has 6 nitrogen and oxygen atoms in total. The number of nitrogens with one attached hydrogen (secondary N) is 2. The molecular formula is C10H14N4O2. The zero-order chi connectivity index (χ0) is 11.7. The number of aromatic amines is 1. The molecule has 16 heavy (non-hydrogen) atoms. The van der Waals surface area contributed by atoms with Gasteiger partial charge in [-0.05, 0) is 12.8 Å². The van der Waals surface area contributed by atoms with E-state index in [0.29, 0.717) is 11.4 Å². The maximum Gasteiger partial charge on any atom is 0.258 e. The second-order valence-electron chi connectivity index (χ2n) is 4.12. The van der Waals surface area contributed by atoms with E-state index < -0.39 is 0 Å². The highest BCUT2D eigenvalue weighted by molar-refractivity contribution is 6.03. The standard InChI is InChI=1S/C10H14N4O2/c1-14(2)10(16)7-5-11-13-8(7)12-9(15)6-3-4-6/h5-6H,3-4H2,1-2H3,(H2,11,12,13,15). The van der Waals surface area contributed by atoms with Crippen molar-refractivity contribution in [1.29, 1.82) is 0 Å². The van der Waals surface area contributed by atoms with Crippen LogP contribution in [0.2, 0.25) is 0 Å². The molecular weight excluding hydrogens is 208 g/mol. The van der Waals surface area contributed by atoms with Gasteiger partial charge in [0.1, 0.15) is 11.4 Å². The summed E-state index contributed by atoms with van der Waals surface area (Å²) in [5.74, 6) is 0.262. The SMILES string of the molecule is CN(C)C(=O)c1cn[nH]c1NC(=O)C1CC1. The molecule has 0 bridgehead atoms. The van der Waals surface area contributed by atoms with Crippen molar-refractivity contribution in [2.75, 3.05) is 19.4 Å². The summed E-state index contributed by atoms with van der Waals surface area (Å²) in [6.07, 6.45) is 3.28. The third-order valence-electron chi connectivity index (χ3n) is 2.47. The van der Waals surface area contributed by atoms with Gasteiger partial charge in [-0.2, -0.15) is 5.10 Å². The normalized spacial score (nSPS) is 14.6. The summed E-state index contributed by atoms with van der Waals surface area (Å²) in [5.41, 5.74) is 0.388. The van der Waals surface area contributed by atoms with Crippen molar-refractivity contribution in [3.05, 3.63) is 11.8 Å². The minimum atomic E-state index is -0.181. The summed E-state index contributed by atoms with van der Waals surface area (Å²) in [5, 5.41) is 9.08. The molecule has 0 spiro atoms. The van der Waals surface area contributed by atoms with Gasteiger partial charge in [-0.3, -0.25) is 14.7 Å². The Bertz CT molecular complexity index is 420. The number of anilines is 1. The lowest BCUT2D eigenvalue weighted by Crippen LogP contribution is -2.23. The Kier molecular flexibility index (Phi) is 2.64. The number of amides is 2. The van der Waals surface area contributed by atoms with E-state index >= 15 is 0 Å². The molecule has 0 atom stereocenters. The number of hydrogen-bond donors (Lipinski definition) is 2. The first-order valence-electron chi connectivity index (χ1n) is 5.15. The minimum absolute atomic E-state index is 0.0444. The first-order valence-corrected chi connectivity index (χ1v) is 5.15. The Balaban J connectivity index is 2.12. The number of H-pyrrole nitrogens is 1. The van der Waals surface area contributed by atoms with E-state index in [2.05, 4.69) is 15.5 Å². The predicted molar refractivity (Wildman–Crippen MR) is 58.0 cm³/mol. The van der Waals surface area contributed by atoms with Gasteiger partial charge in [-0.15, -0.1) is 0 Å². The topological polar surface area (TPSA) is 78.1 Å². The molecule has 1 saturated carbocycles. The van der Waals surface area contributed by atoms with Crippen molar-refractivity contribution in [1.82, 2.24) is 15.1 Å². The van der Waals surface area contributed by atoms with E-state index in [1.165, 1.54) is 11.1 Å². The molecule has 6 heteroatoms. The lowest BCUT2D eigenvalue weighted by atomic mass is 10.3. The number of carbonyl (C=O) groups excluding carboxylic acids is 2. The van der Waals surface area contributed by atoms with Gasteiger partial charge in [-0.25, -0.2) is 0 Å². The summed E-state index contributed by atoms with van der Waals surface area (Å²) >= 11 is 0. The Morgan fingerprint density at radius 3 is 2.75 bits per heavy atom. The van der Waals surface area contributed by atoms with E-state index in [9.17, 15) is 9.59 Å². The number of hydrogen-bond acceptors (Lipinski definition) is 3. The highest BCUT2D eigenvalue weighted by atomic mass is 16.2. The molecule has 1 aliphatic carbocycles. The molecule has 1 aromatic rings. The van der Waals surface area contributed by atoms with Gasteiger partial charge in [0.05, 0.1) is 6.20 Å². The molecule has 0 radical (unpaired) electrons. The largest absolute Gasteiger partial charge is 0.345 e. The minimum Gasteiger partial charge on any atom is -0.345 e. The number of nitrogens with zero attached hydrogens (tertiary/aromatic N) is 2. The van der Waals surface area contributed by atoms with Crippen LogP contribution in [0.3, 0.4) is 0 Å². The van der Waals surface area contributed by atoms with Crippen LogP contribution in [0.15, 0.2) is 6.20 Å². The fourth-order valence-corrected chi connectivity index (χ4v) is 1.36. The molecule has 1 heterocycles. The van der Waals surface area contributed by atoms with Crippen LogP contribution in [0, 0.1) is 5.92 Å². The zero-order valence-corrected chi connectivity index (χ0v) is 9.28. The number of aromatic nitrogens is 2. The highest BCUT2D eigenvalue weighted by Gasteiger charge is 2.30. The molecule has 2 N–H and O–H groups in total. The maximum atomic E-state index is 11.7. The Labute approximate surface area is 93.0 Å². The second-order valence-corrected chi connectivity index (χ2v) is 4.12. The summed E-state index contributed by atoms with van der Waals surface area (Å²) < 4.78 is 0. The van der Waals surface area contributed by atoms with Crippen LogP contribution in [0.25, 0.3) is 0 Å². The number of rotatable bonds is 3. The van der Waals surface area contributed by atoms with Crippen molar-refractivity contribution in [2.45, 2.75) is 12.8 Å². The number of carbonyl (C=O) groups is 2. The van der Waals surface area contributed by atoms with Gasteiger partial charge in [-0.1, -0.05) is 0 Å². The van der Waals surface area contributed by atoms with Crippen LogP contribution < -0.4 is 5.32 Å². The van der Waals surface area contributed by atoms with Gasteiger partial charge < -0.3 is 10.2 Å². The van der Waals surface area contributed by atoms with Gasteiger partial charge >= 0.3 is 0 Å². The van der Waals surface area contributed by atoms with Gasteiger partial charge in [0, 0.05) is 20.0 Å². The van der Waals surface area contributed by atoms with E-state index in [0.717, 1.165) is 12.8 Å². The summed E-state index contributed by atoms with van der Waals surface area (Å²) in [4.78, 5) is 24.7. The molecule has 0 aliphatic heterocycles. The zero-order valence-electron chi connectivity index (χ0n) is 9.28. The lowest BCUT2D eigenvalue weighted by molar-refractivity contribution is -0.117. The van der Waals surface area contributed by atoms with Crippen molar-refractivity contribution < 1.29 is 9.59 Å². The fourth-order valence-electron chi connectivity index (χ4n) is 1.36. The highest BCUT2D eigenvalue weighted by Crippen LogP contribution is 2.30. The lowest BCUT2D eigenvalue weighted by Gasteiger charge is -2.10. The molecule has 1 fully saturated rings. The van der Waals surface area contributed by atoms with E-state index in [-0.39, 0.29) is 17.7 Å². The van der Waals surface area contributed by atoms with Crippen molar-refractivity contribution in [2.24, 2.45) is 5.92 Å². The van der Waals surface area contributed by atoms with Gasteiger partial charge in [0.2, 0.25) is 5.91 Å². The summed E-state index contributed by atoms with van der Waals surface area (Å²) in [6, 6.07) is 0. The summed E-state index contributed by atoms with van der Waals surface area (Å²) in [7, 11) is 3.31. The fraction of sp³-hybridized carbons (Fsp3) is 0.500. The molecule has 2 amide bonds. The molecule has 86 valence electrons. The molecule has 0 unspecified atom stereocenters. The van der Waals surface area contributed by atoms with Crippen LogP contribution in [-0.2, 0) is 4.79 Å². The smallest absolute Gasteiger partial charge is 0.258 e. The van der Waals surface area contributed by atoms with Crippen LogP contribution in [0.4, 0.5) is 5.82 Å². The molecule has 2 rings (SSSR count).